The van der Waals surface area contributed by atoms with Crippen molar-refractivity contribution < 1.29 is 9.90 Å². The average Bonchev–Trinajstić information content (AvgIpc) is 3.27. The molecule has 1 atom stereocenters. The quantitative estimate of drug-likeness (QED) is 0.668. The number of hydrogen-bond acceptors (Lipinski definition) is 6. The predicted molar refractivity (Wildman–Crippen MR) is 103 cm³/mol. The Morgan fingerprint density at radius 3 is 2.92 bits per heavy atom. The number of imidazole rings is 1. The third-order valence-corrected chi connectivity index (χ3v) is 5.01. The number of nitrogens with one attached hydrogen (secondary N) is 1. The Kier molecular flexibility index (Phi) is 5.88. The van der Waals surface area contributed by atoms with Crippen molar-refractivity contribution in [3.05, 3.63) is 23.5 Å². The molecule has 7 nitrogen and oxygen atoms in total. The maximum atomic E-state index is 11.2. The third-order valence-electron chi connectivity index (χ3n) is 5.01. The summed E-state index contributed by atoms with van der Waals surface area (Å²) >= 11 is 0. The van der Waals surface area contributed by atoms with Crippen LogP contribution in [0.25, 0.3) is 11.0 Å². The Hall–Kier alpha value is -2.41. The number of aldehydes is 1. The van der Waals surface area contributed by atoms with E-state index in [9.17, 15) is 9.90 Å². The lowest BCUT2D eigenvalue weighted by molar-refractivity contribution is -0.108. The van der Waals surface area contributed by atoms with E-state index in [1.807, 2.05) is 28.9 Å². The molecule has 0 saturated heterocycles. The normalized spacial score (nSPS) is 15.1. The minimum atomic E-state index is 0.270. The molecule has 2 aromatic rings. The maximum Gasteiger partial charge on any atom is 0.139 e. The van der Waals surface area contributed by atoms with Crippen molar-refractivity contribution in [1.82, 2.24) is 19.9 Å². The van der Waals surface area contributed by atoms with Crippen LogP contribution in [0.3, 0.4) is 0 Å². The van der Waals surface area contributed by atoms with Crippen LogP contribution in [0.15, 0.2) is 17.2 Å². The lowest BCUT2D eigenvalue weighted by Crippen LogP contribution is -2.21. The molecule has 0 radical (unpaired) electrons. The van der Waals surface area contributed by atoms with Gasteiger partial charge in [0.1, 0.15) is 17.9 Å². The number of hydrogen-bond donors (Lipinski definition) is 2. The van der Waals surface area contributed by atoms with Crippen molar-refractivity contribution >= 4 is 23.5 Å². The number of carbonyl (C=O) groups is 1. The summed E-state index contributed by atoms with van der Waals surface area (Å²) in [4.78, 5) is 16.0. The number of aromatic hydroxyl groups is 1. The molecule has 26 heavy (non-hydrogen) atoms. The Morgan fingerprint density at radius 1 is 1.38 bits per heavy atom. The van der Waals surface area contributed by atoms with Gasteiger partial charge in [-0.05, 0) is 38.9 Å². The number of carbonyl (C=O) groups excluding carboxylic acids is 1. The molecule has 0 amide bonds. The first-order valence-corrected chi connectivity index (χ1v) is 9.22. The van der Waals surface area contributed by atoms with Crippen LogP contribution in [0, 0.1) is 0 Å². The van der Waals surface area contributed by atoms with Gasteiger partial charge in [-0.2, -0.15) is 5.10 Å². The maximum absolute atomic E-state index is 11.2. The molecule has 1 aliphatic rings. The smallest absolute Gasteiger partial charge is 0.139 e. The fourth-order valence-electron chi connectivity index (χ4n) is 3.34. The van der Waals surface area contributed by atoms with Gasteiger partial charge in [-0.3, -0.25) is 5.01 Å². The van der Waals surface area contributed by atoms with Crippen molar-refractivity contribution in [3.8, 4) is 5.75 Å². The highest BCUT2D eigenvalue weighted by molar-refractivity contribution is 5.83. The van der Waals surface area contributed by atoms with Gasteiger partial charge in [0.25, 0.3) is 0 Å². The number of hydrazone groups is 1. The van der Waals surface area contributed by atoms with Crippen LogP contribution >= 0.6 is 0 Å². The fourth-order valence-corrected chi connectivity index (χ4v) is 3.34. The number of rotatable bonds is 9. The molecule has 2 N–H and O–H groups in total. The lowest BCUT2D eigenvalue weighted by atomic mass is 10.0. The molecule has 0 fully saturated rings. The second-order valence-electron chi connectivity index (χ2n) is 6.76. The summed E-state index contributed by atoms with van der Waals surface area (Å²) in [5.74, 6) is 1.13. The summed E-state index contributed by atoms with van der Waals surface area (Å²) in [5.41, 5.74) is 2.56. The Labute approximate surface area is 153 Å². The molecule has 140 valence electrons. The highest BCUT2D eigenvalue weighted by Gasteiger charge is 2.18. The van der Waals surface area contributed by atoms with E-state index in [2.05, 4.69) is 17.3 Å². The van der Waals surface area contributed by atoms with Crippen molar-refractivity contribution in [2.24, 2.45) is 5.10 Å². The standard InChI is InChI=1S/C19H27N5O2/c1-14(20-2)4-5-15-17(26)7-6-16-19(15)22-18(24(16)12-13-25)8-11-23-10-3-9-21-23/h6-7,9,13-14,20,26H,3-5,8,10-12H2,1-2H3. The number of phenols is 1. The van der Waals surface area contributed by atoms with Gasteiger partial charge in [0.15, 0.2) is 0 Å². The molecule has 0 spiro atoms. The molecule has 0 bridgehead atoms. The van der Waals surface area contributed by atoms with Crippen LogP contribution in [-0.4, -0.2) is 58.3 Å². The summed E-state index contributed by atoms with van der Waals surface area (Å²) in [6.45, 7) is 4.09. The van der Waals surface area contributed by atoms with Gasteiger partial charge in [0.2, 0.25) is 0 Å². The van der Waals surface area contributed by atoms with Crippen molar-refractivity contribution in [2.75, 3.05) is 20.1 Å². The largest absolute Gasteiger partial charge is 0.508 e. The highest BCUT2D eigenvalue weighted by atomic mass is 16.3. The van der Waals surface area contributed by atoms with E-state index in [4.69, 9.17) is 4.98 Å². The highest BCUT2D eigenvalue weighted by Crippen LogP contribution is 2.29. The lowest BCUT2D eigenvalue weighted by Gasteiger charge is -2.13. The number of nitrogens with zero attached hydrogens (tertiary/aromatic N) is 4. The van der Waals surface area contributed by atoms with E-state index in [1.54, 1.807) is 6.07 Å². The van der Waals surface area contributed by atoms with E-state index in [0.717, 1.165) is 61.1 Å². The SMILES string of the molecule is CNC(C)CCc1c(O)ccc2c1nc(CCN1CCC=N1)n2CC=O. The van der Waals surface area contributed by atoms with Crippen LogP contribution in [0.5, 0.6) is 5.75 Å². The summed E-state index contributed by atoms with van der Waals surface area (Å²) in [5, 5.41) is 19.9. The molecular formula is C19H27N5O2. The van der Waals surface area contributed by atoms with Gasteiger partial charge >= 0.3 is 0 Å². The predicted octanol–water partition coefficient (Wildman–Crippen LogP) is 1.72. The molecule has 1 unspecified atom stereocenters. The molecule has 0 aliphatic carbocycles. The van der Waals surface area contributed by atoms with Crippen molar-refractivity contribution in [1.29, 1.82) is 0 Å². The molecule has 0 saturated carbocycles. The van der Waals surface area contributed by atoms with Gasteiger partial charge in [0, 0.05) is 43.8 Å². The zero-order valence-corrected chi connectivity index (χ0v) is 15.5. The molecule has 1 aliphatic heterocycles. The zero-order valence-electron chi connectivity index (χ0n) is 15.5. The summed E-state index contributed by atoms with van der Waals surface area (Å²) in [6, 6.07) is 3.91. The number of aromatic nitrogens is 2. The van der Waals surface area contributed by atoms with Crippen LogP contribution in [0.4, 0.5) is 0 Å². The minimum Gasteiger partial charge on any atom is -0.508 e. The topological polar surface area (TPSA) is 82.8 Å². The molecule has 7 heteroatoms. The summed E-state index contributed by atoms with van der Waals surface area (Å²) in [7, 11) is 1.93. The number of fused-ring (bicyclic) bond motifs is 1. The Balaban J connectivity index is 1.92. The van der Waals surface area contributed by atoms with Gasteiger partial charge < -0.3 is 19.8 Å². The van der Waals surface area contributed by atoms with E-state index in [0.29, 0.717) is 12.5 Å². The van der Waals surface area contributed by atoms with Crippen LogP contribution in [0.2, 0.25) is 0 Å². The van der Waals surface area contributed by atoms with E-state index in [1.165, 1.54) is 0 Å². The second kappa shape index (κ2) is 8.31. The first-order valence-electron chi connectivity index (χ1n) is 9.22. The monoisotopic (exact) mass is 357 g/mol. The van der Waals surface area contributed by atoms with Crippen LogP contribution in [0.1, 0.15) is 31.2 Å². The van der Waals surface area contributed by atoms with Gasteiger partial charge in [0.05, 0.1) is 17.6 Å². The van der Waals surface area contributed by atoms with E-state index in [-0.39, 0.29) is 12.3 Å². The first-order chi connectivity index (χ1) is 12.6. The summed E-state index contributed by atoms with van der Waals surface area (Å²) in [6.07, 6.45) is 6.15. The molecular weight excluding hydrogens is 330 g/mol. The third kappa shape index (κ3) is 3.88. The van der Waals surface area contributed by atoms with Crippen LogP contribution in [-0.2, 0) is 24.2 Å². The summed E-state index contributed by atoms with van der Waals surface area (Å²) < 4.78 is 1.95. The molecule has 3 rings (SSSR count). The molecule has 1 aromatic carbocycles. The average molecular weight is 357 g/mol. The van der Waals surface area contributed by atoms with Crippen molar-refractivity contribution in [3.63, 3.8) is 0 Å². The number of phenolic OH excluding ortho intramolecular Hbond substituents is 1. The number of benzene rings is 1. The first kappa shape index (κ1) is 18.4. The van der Waals surface area contributed by atoms with Gasteiger partial charge in [-0.25, -0.2) is 4.98 Å². The molecule has 2 heterocycles. The van der Waals surface area contributed by atoms with Gasteiger partial charge in [-0.1, -0.05) is 0 Å². The van der Waals surface area contributed by atoms with Gasteiger partial charge in [-0.15, -0.1) is 0 Å². The Bertz CT molecular complexity index is 799. The zero-order chi connectivity index (χ0) is 18.5. The van der Waals surface area contributed by atoms with Crippen molar-refractivity contribution in [2.45, 2.75) is 45.2 Å². The molecule has 1 aromatic heterocycles. The van der Waals surface area contributed by atoms with E-state index >= 15 is 0 Å². The van der Waals surface area contributed by atoms with Crippen LogP contribution < -0.4 is 5.32 Å². The minimum absolute atomic E-state index is 0.270. The Morgan fingerprint density at radius 2 is 2.23 bits per heavy atom. The number of aryl methyl sites for hydroxylation is 1. The van der Waals surface area contributed by atoms with E-state index < -0.39 is 0 Å². The second-order valence-corrected chi connectivity index (χ2v) is 6.76. The fraction of sp³-hybridized carbons (Fsp3) is 0.526.